The van der Waals surface area contributed by atoms with Gasteiger partial charge in [0.1, 0.15) is 0 Å². The Labute approximate surface area is 106 Å². The molecule has 0 aliphatic heterocycles. The lowest BCUT2D eigenvalue weighted by atomic mass is 10.2. The summed E-state index contributed by atoms with van der Waals surface area (Å²) in [5, 5.41) is 1.64. The maximum absolute atomic E-state index is 11.4. The zero-order chi connectivity index (χ0) is 12.6. The highest BCUT2D eigenvalue weighted by Gasteiger charge is 2.14. The van der Waals surface area contributed by atoms with Crippen LogP contribution < -0.4 is 0 Å². The third-order valence-electron chi connectivity index (χ3n) is 2.68. The number of para-hydroxylation sites is 1. The van der Waals surface area contributed by atoms with Crippen LogP contribution in [0.2, 0.25) is 5.02 Å². The molecular formula is C12H14ClNO2S. The normalized spacial score (nSPS) is 12.2. The number of aromatic nitrogens is 1. The Kier molecular flexibility index (Phi) is 3.19. The van der Waals surface area contributed by atoms with E-state index < -0.39 is 9.84 Å². The van der Waals surface area contributed by atoms with Gasteiger partial charge in [0.2, 0.25) is 0 Å². The van der Waals surface area contributed by atoms with Crippen molar-refractivity contribution in [2.75, 3.05) is 6.26 Å². The van der Waals surface area contributed by atoms with Crippen LogP contribution in [-0.4, -0.2) is 19.2 Å². The van der Waals surface area contributed by atoms with Crippen LogP contribution in [0.15, 0.2) is 24.3 Å². The van der Waals surface area contributed by atoms with Gasteiger partial charge >= 0.3 is 0 Å². The molecule has 0 N–H and O–H groups in total. The first kappa shape index (κ1) is 12.5. The van der Waals surface area contributed by atoms with E-state index in [9.17, 15) is 8.42 Å². The highest BCUT2D eigenvalue weighted by atomic mass is 35.5. The summed E-state index contributed by atoms with van der Waals surface area (Å²) in [6.07, 6.45) is 1.24. The minimum Gasteiger partial charge on any atom is -0.343 e. The molecule has 1 aromatic heterocycles. The predicted molar refractivity (Wildman–Crippen MR) is 71.2 cm³/mol. The van der Waals surface area contributed by atoms with E-state index in [1.54, 1.807) is 0 Å². The van der Waals surface area contributed by atoms with Crippen molar-refractivity contribution in [3.05, 3.63) is 35.0 Å². The number of fused-ring (bicyclic) bond motifs is 1. The number of aryl methyl sites for hydroxylation is 1. The molecule has 0 atom stereocenters. The van der Waals surface area contributed by atoms with E-state index in [2.05, 4.69) is 0 Å². The molecule has 0 aliphatic carbocycles. The van der Waals surface area contributed by atoms with Gasteiger partial charge in [0.05, 0.1) is 16.3 Å². The maximum atomic E-state index is 11.4. The van der Waals surface area contributed by atoms with Gasteiger partial charge in [0, 0.05) is 23.9 Å². The fraction of sp³-hybridized carbons (Fsp3) is 0.333. The average molecular weight is 272 g/mol. The summed E-state index contributed by atoms with van der Waals surface area (Å²) in [5.41, 5.74) is 1.70. The van der Waals surface area contributed by atoms with Crippen LogP contribution in [0.5, 0.6) is 0 Å². The Morgan fingerprint density at radius 1 is 1.35 bits per heavy atom. The molecule has 0 aliphatic rings. The predicted octanol–water partition coefficient (Wildman–Crippen LogP) is 2.86. The van der Waals surface area contributed by atoms with Gasteiger partial charge in [0.15, 0.2) is 9.84 Å². The van der Waals surface area contributed by atoms with Crippen LogP contribution in [0.25, 0.3) is 10.9 Å². The monoisotopic (exact) mass is 271 g/mol. The lowest BCUT2D eigenvalue weighted by molar-refractivity contribution is 0.598. The van der Waals surface area contributed by atoms with Crippen molar-refractivity contribution >= 4 is 32.3 Å². The minimum absolute atomic E-state index is 0.0475. The number of hydrogen-bond acceptors (Lipinski definition) is 2. The summed E-state index contributed by atoms with van der Waals surface area (Å²) >= 11 is 6.16. The van der Waals surface area contributed by atoms with E-state index in [4.69, 9.17) is 11.6 Å². The molecule has 1 aromatic carbocycles. The largest absolute Gasteiger partial charge is 0.343 e. The SMILES string of the molecule is CCn1c(CS(C)(=O)=O)cc2cccc(Cl)c21. The van der Waals surface area contributed by atoms with Gasteiger partial charge < -0.3 is 4.57 Å². The molecule has 92 valence electrons. The lowest BCUT2D eigenvalue weighted by Crippen LogP contribution is -2.07. The summed E-state index contributed by atoms with van der Waals surface area (Å²) in [6, 6.07) is 7.53. The molecule has 0 saturated carbocycles. The van der Waals surface area contributed by atoms with E-state index in [1.165, 1.54) is 6.26 Å². The molecule has 0 spiro atoms. The summed E-state index contributed by atoms with van der Waals surface area (Å²) in [4.78, 5) is 0. The highest BCUT2D eigenvalue weighted by molar-refractivity contribution is 7.89. The maximum Gasteiger partial charge on any atom is 0.153 e. The van der Waals surface area contributed by atoms with Crippen molar-refractivity contribution in [1.29, 1.82) is 0 Å². The Balaban J connectivity index is 2.69. The van der Waals surface area contributed by atoms with Crippen LogP contribution in [-0.2, 0) is 22.1 Å². The van der Waals surface area contributed by atoms with Gasteiger partial charge in [-0.25, -0.2) is 8.42 Å². The third-order valence-corrected chi connectivity index (χ3v) is 3.81. The molecule has 17 heavy (non-hydrogen) atoms. The first-order chi connectivity index (χ1) is 7.92. The van der Waals surface area contributed by atoms with Crippen LogP contribution in [0.4, 0.5) is 0 Å². The smallest absolute Gasteiger partial charge is 0.153 e. The summed E-state index contributed by atoms with van der Waals surface area (Å²) in [5.74, 6) is 0.0475. The minimum atomic E-state index is -3.03. The topological polar surface area (TPSA) is 39.1 Å². The zero-order valence-corrected chi connectivity index (χ0v) is 11.3. The summed E-state index contributed by atoms with van der Waals surface area (Å²) in [7, 11) is -3.03. The van der Waals surface area contributed by atoms with Gasteiger partial charge in [-0.2, -0.15) is 0 Å². The highest BCUT2D eigenvalue weighted by Crippen LogP contribution is 2.27. The first-order valence-electron chi connectivity index (χ1n) is 5.36. The standard InChI is InChI=1S/C12H14ClNO2S/c1-3-14-10(8-17(2,15)16)7-9-5-4-6-11(13)12(9)14/h4-7H,3,8H2,1-2H3. The quantitative estimate of drug-likeness (QED) is 0.861. The van der Waals surface area contributed by atoms with Gasteiger partial charge in [-0.1, -0.05) is 23.7 Å². The Hall–Kier alpha value is -1.00. The molecule has 2 aromatic rings. The molecule has 0 saturated heterocycles. The second kappa shape index (κ2) is 4.35. The first-order valence-corrected chi connectivity index (χ1v) is 7.80. The number of nitrogens with zero attached hydrogens (tertiary/aromatic N) is 1. The van der Waals surface area contributed by atoms with Crippen molar-refractivity contribution in [2.24, 2.45) is 0 Å². The molecule has 0 unspecified atom stereocenters. The third kappa shape index (κ3) is 2.48. The number of hydrogen-bond donors (Lipinski definition) is 0. The molecule has 0 radical (unpaired) electrons. The molecule has 0 amide bonds. The van der Waals surface area contributed by atoms with E-state index in [1.807, 2.05) is 35.8 Å². The Morgan fingerprint density at radius 3 is 2.65 bits per heavy atom. The van der Waals surface area contributed by atoms with Gasteiger partial charge in [-0.05, 0) is 19.1 Å². The number of halogens is 1. The van der Waals surface area contributed by atoms with Crippen molar-refractivity contribution in [3.63, 3.8) is 0 Å². The van der Waals surface area contributed by atoms with E-state index in [-0.39, 0.29) is 5.75 Å². The number of rotatable bonds is 3. The van der Waals surface area contributed by atoms with Gasteiger partial charge in [-0.3, -0.25) is 0 Å². The summed E-state index contributed by atoms with van der Waals surface area (Å²) < 4.78 is 24.7. The molecule has 5 heteroatoms. The molecule has 0 bridgehead atoms. The van der Waals surface area contributed by atoms with E-state index >= 15 is 0 Å². The number of benzene rings is 1. The number of sulfone groups is 1. The van der Waals surface area contributed by atoms with Crippen molar-refractivity contribution < 1.29 is 8.42 Å². The lowest BCUT2D eigenvalue weighted by Gasteiger charge is -2.07. The van der Waals surface area contributed by atoms with Crippen LogP contribution in [0.1, 0.15) is 12.6 Å². The van der Waals surface area contributed by atoms with Crippen molar-refractivity contribution in [2.45, 2.75) is 19.2 Å². The molecular weight excluding hydrogens is 258 g/mol. The molecule has 0 fully saturated rings. The van der Waals surface area contributed by atoms with Crippen molar-refractivity contribution in [1.82, 2.24) is 4.57 Å². The van der Waals surface area contributed by atoms with Gasteiger partial charge in [0.25, 0.3) is 0 Å². The van der Waals surface area contributed by atoms with Crippen molar-refractivity contribution in [3.8, 4) is 0 Å². The summed E-state index contributed by atoms with van der Waals surface area (Å²) in [6.45, 7) is 2.69. The zero-order valence-electron chi connectivity index (χ0n) is 9.77. The van der Waals surface area contributed by atoms with Crippen LogP contribution >= 0.6 is 11.6 Å². The second-order valence-corrected chi connectivity index (χ2v) is 6.68. The molecule has 2 rings (SSSR count). The Bertz CT molecular complexity index is 658. The van der Waals surface area contributed by atoms with E-state index in [0.717, 1.165) is 16.6 Å². The molecule has 3 nitrogen and oxygen atoms in total. The average Bonchev–Trinajstić information content (AvgIpc) is 2.53. The van der Waals surface area contributed by atoms with Crippen LogP contribution in [0, 0.1) is 0 Å². The second-order valence-electron chi connectivity index (χ2n) is 4.13. The fourth-order valence-corrected chi connectivity index (χ4v) is 3.14. The Morgan fingerprint density at radius 2 is 2.06 bits per heavy atom. The van der Waals surface area contributed by atoms with E-state index in [0.29, 0.717) is 11.6 Å². The van der Waals surface area contributed by atoms with Gasteiger partial charge in [-0.15, -0.1) is 0 Å². The molecule has 1 heterocycles. The fourth-order valence-electron chi connectivity index (χ4n) is 2.08. The van der Waals surface area contributed by atoms with Crippen LogP contribution in [0.3, 0.4) is 0 Å².